The summed E-state index contributed by atoms with van der Waals surface area (Å²) in [6.07, 6.45) is 0. The maximum Gasteiger partial charge on any atom is 0.234 e. The van der Waals surface area contributed by atoms with Gasteiger partial charge in [0.1, 0.15) is 0 Å². The molecule has 0 spiro atoms. The maximum atomic E-state index is 11.4. The number of nitrogens with one attached hydrogen (secondary N) is 2. The van der Waals surface area contributed by atoms with E-state index < -0.39 is 10.0 Å². The molecule has 0 unspecified atom stereocenters. The van der Waals surface area contributed by atoms with Crippen molar-refractivity contribution >= 4 is 37.3 Å². The number of hydrogen-bond acceptors (Lipinski definition) is 3. The van der Waals surface area contributed by atoms with Gasteiger partial charge in [0.25, 0.3) is 0 Å². The van der Waals surface area contributed by atoms with Gasteiger partial charge >= 0.3 is 0 Å². The van der Waals surface area contributed by atoms with E-state index in [1.807, 2.05) is 12.1 Å². The molecular weight excluding hydrogens is 268 g/mol. The first-order valence-corrected chi connectivity index (χ1v) is 6.55. The molecule has 0 saturated heterocycles. The minimum atomic E-state index is -3.18. The molecule has 0 amide bonds. The van der Waals surface area contributed by atoms with Crippen molar-refractivity contribution in [3.8, 4) is 0 Å². The van der Waals surface area contributed by atoms with Gasteiger partial charge < -0.3 is 5.32 Å². The summed E-state index contributed by atoms with van der Waals surface area (Å²) in [6, 6.07) is 5.45. The van der Waals surface area contributed by atoms with Gasteiger partial charge in [0.05, 0.1) is 17.1 Å². The van der Waals surface area contributed by atoms with Crippen molar-refractivity contribution in [1.29, 1.82) is 0 Å². The summed E-state index contributed by atoms with van der Waals surface area (Å²) in [4.78, 5) is 0. The second kappa shape index (κ2) is 3.43. The van der Waals surface area contributed by atoms with E-state index in [0.717, 1.165) is 10.2 Å². The topological polar surface area (TPSA) is 58.2 Å². The second-order valence-electron chi connectivity index (χ2n) is 3.04. The van der Waals surface area contributed by atoms with E-state index in [9.17, 15) is 8.42 Å². The van der Waals surface area contributed by atoms with Crippen LogP contribution in [0.1, 0.15) is 0 Å². The Morgan fingerprint density at radius 2 is 2.07 bits per heavy atom. The molecule has 14 heavy (non-hydrogen) atoms. The highest BCUT2D eigenvalue weighted by Gasteiger charge is 2.16. The molecule has 6 heteroatoms. The summed E-state index contributed by atoms with van der Waals surface area (Å²) in [5, 5.41) is 3.05. The van der Waals surface area contributed by atoms with Gasteiger partial charge in [-0.1, -0.05) is 15.9 Å². The number of halogens is 1. The molecular formula is C8H9BrN2O2S. The predicted octanol–water partition coefficient (Wildman–Crippen LogP) is 1.62. The molecule has 0 aliphatic carbocycles. The smallest absolute Gasteiger partial charge is 0.234 e. The Kier molecular flexibility index (Phi) is 2.40. The lowest BCUT2D eigenvalue weighted by Gasteiger charge is -2.07. The average Bonchev–Trinajstić information content (AvgIpc) is 2.21. The van der Waals surface area contributed by atoms with Crippen molar-refractivity contribution in [3.63, 3.8) is 0 Å². The van der Waals surface area contributed by atoms with Gasteiger partial charge in [-0.05, 0) is 18.2 Å². The molecule has 2 rings (SSSR count). The SMILES string of the molecule is O=S1(=O)CCNc2ccc(Br)cc2N1. The van der Waals surface area contributed by atoms with Crippen molar-refractivity contribution in [2.24, 2.45) is 0 Å². The minimum absolute atomic E-state index is 0.0965. The summed E-state index contributed by atoms with van der Waals surface area (Å²) >= 11 is 3.29. The Morgan fingerprint density at radius 3 is 2.86 bits per heavy atom. The van der Waals surface area contributed by atoms with Crippen LogP contribution in [0.5, 0.6) is 0 Å². The molecule has 1 aliphatic heterocycles. The second-order valence-corrected chi connectivity index (χ2v) is 5.80. The van der Waals surface area contributed by atoms with Crippen molar-refractivity contribution in [1.82, 2.24) is 0 Å². The van der Waals surface area contributed by atoms with Crippen LogP contribution in [0.4, 0.5) is 11.4 Å². The van der Waals surface area contributed by atoms with Crippen LogP contribution in [0.3, 0.4) is 0 Å². The summed E-state index contributed by atoms with van der Waals surface area (Å²) in [6.45, 7) is 0.434. The van der Waals surface area contributed by atoms with Gasteiger partial charge in [0.2, 0.25) is 10.0 Å². The Hall–Kier alpha value is -0.750. The van der Waals surface area contributed by atoms with Crippen LogP contribution in [-0.2, 0) is 10.0 Å². The zero-order chi connectivity index (χ0) is 10.2. The molecule has 0 radical (unpaired) electrons. The van der Waals surface area contributed by atoms with E-state index in [1.54, 1.807) is 6.07 Å². The van der Waals surface area contributed by atoms with Crippen LogP contribution in [0.15, 0.2) is 22.7 Å². The van der Waals surface area contributed by atoms with Crippen LogP contribution < -0.4 is 10.0 Å². The summed E-state index contributed by atoms with van der Waals surface area (Å²) in [5.74, 6) is 0.0965. The lowest BCUT2D eigenvalue weighted by molar-refractivity contribution is 0.602. The van der Waals surface area contributed by atoms with Crippen molar-refractivity contribution < 1.29 is 8.42 Å². The van der Waals surface area contributed by atoms with E-state index in [4.69, 9.17) is 0 Å². The Bertz CT molecular complexity index is 458. The quantitative estimate of drug-likeness (QED) is 0.757. The van der Waals surface area contributed by atoms with Gasteiger partial charge in [0.15, 0.2) is 0 Å². The molecule has 0 saturated carbocycles. The molecule has 0 aromatic heterocycles. The third-order valence-corrected chi connectivity index (χ3v) is 3.70. The molecule has 1 aromatic rings. The fourth-order valence-electron chi connectivity index (χ4n) is 1.29. The summed E-state index contributed by atoms with van der Waals surface area (Å²) in [7, 11) is -3.18. The lowest BCUT2D eigenvalue weighted by Crippen LogP contribution is -2.17. The Balaban J connectivity index is 2.48. The summed E-state index contributed by atoms with van der Waals surface area (Å²) < 4.78 is 26.1. The Labute approximate surface area is 90.9 Å². The van der Waals surface area contributed by atoms with Crippen LogP contribution >= 0.6 is 15.9 Å². The highest BCUT2D eigenvalue weighted by Crippen LogP contribution is 2.28. The maximum absolute atomic E-state index is 11.4. The molecule has 1 heterocycles. The monoisotopic (exact) mass is 276 g/mol. The van der Waals surface area contributed by atoms with E-state index in [-0.39, 0.29) is 5.75 Å². The Morgan fingerprint density at radius 1 is 1.29 bits per heavy atom. The molecule has 0 atom stereocenters. The van der Waals surface area contributed by atoms with Gasteiger partial charge in [-0.2, -0.15) is 0 Å². The molecule has 0 fully saturated rings. The highest BCUT2D eigenvalue weighted by atomic mass is 79.9. The minimum Gasteiger partial charge on any atom is -0.382 e. The molecule has 1 aliphatic rings. The molecule has 1 aromatic carbocycles. The molecule has 0 bridgehead atoms. The fraction of sp³-hybridized carbons (Fsp3) is 0.250. The van der Waals surface area contributed by atoms with Gasteiger partial charge in [-0.25, -0.2) is 8.42 Å². The van der Waals surface area contributed by atoms with Crippen LogP contribution in [0, 0.1) is 0 Å². The van der Waals surface area contributed by atoms with Crippen LogP contribution in [-0.4, -0.2) is 20.7 Å². The third kappa shape index (κ3) is 2.01. The number of anilines is 2. The normalized spacial score (nSPS) is 18.6. The number of hydrogen-bond donors (Lipinski definition) is 2. The van der Waals surface area contributed by atoms with Crippen LogP contribution in [0.25, 0.3) is 0 Å². The molecule has 4 nitrogen and oxygen atoms in total. The van der Waals surface area contributed by atoms with Crippen molar-refractivity contribution in [2.75, 3.05) is 22.3 Å². The zero-order valence-electron chi connectivity index (χ0n) is 7.25. The van der Waals surface area contributed by atoms with Crippen LogP contribution in [0.2, 0.25) is 0 Å². The van der Waals surface area contributed by atoms with E-state index >= 15 is 0 Å². The number of sulfonamides is 1. The van der Waals surface area contributed by atoms with Gasteiger partial charge in [-0.3, -0.25) is 4.72 Å². The highest BCUT2D eigenvalue weighted by molar-refractivity contribution is 9.10. The lowest BCUT2D eigenvalue weighted by atomic mass is 10.3. The van der Waals surface area contributed by atoms with E-state index in [2.05, 4.69) is 26.0 Å². The number of fused-ring (bicyclic) bond motifs is 1. The first kappa shape index (κ1) is 9.79. The first-order valence-electron chi connectivity index (χ1n) is 4.11. The van der Waals surface area contributed by atoms with Gasteiger partial charge in [-0.15, -0.1) is 0 Å². The third-order valence-electron chi connectivity index (χ3n) is 1.93. The molecule has 76 valence electrons. The van der Waals surface area contributed by atoms with Crippen molar-refractivity contribution in [3.05, 3.63) is 22.7 Å². The van der Waals surface area contributed by atoms with Gasteiger partial charge in [0, 0.05) is 11.0 Å². The first-order chi connectivity index (χ1) is 6.57. The average molecular weight is 277 g/mol. The summed E-state index contributed by atoms with van der Waals surface area (Å²) in [5.41, 5.74) is 1.41. The van der Waals surface area contributed by atoms with E-state index in [1.165, 1.54) is 0 Å². The standard InChI is InChI=1S/C8H9BrN2O2S/c9-6-1-2-7-8(5-6)11-14(12,13)4-3-10-7/h1-2,5,10-11H,3-4H2. The number of benzene rings is 1. The van der Waals surface area contributed by atoms with E-state index in [0.29, 0.717) is 12.2 Å². The zero-order valence-corrected chi connectivity index (χ0v) is 9.65. The van der Waals surface area contributed by atoms with Crippen molar-refractivity contribution in [2.45, 2.75) is 0 Å². The predicted molar refractivity (Wildman–Crippen MR) is 60.0 cm³/mol. The fourth-order valence-corrected chi connectivity index (χ4v) is 2.63. The molecule has 2 N–H and O–H groups in total. The largest absolute Gasteiger partial charge is 0.382 e. The number of rotatable bonds is 0.